The van der Waals surface area contributed by atoms with Crippen LogP contribution in [0.2, 0.25) is 15.1 Å². The lowest BCUT2D eigenvalue weighted by Crippen LogP contribution is -2.22. The second kappa shape index (κ2) is 8.79. The summed E-state index contributed by atoms with van der Waals surface area (Å²) < 4.78 is 2.11. The van der Waals surface area contributed by atoms with E-state index >= 15 is 0 Å². The third-order valence-electron chi connectivity index (χ3n) is 4.27. The van der Waals surface area contributed by atoms with Gasteiger partial charge in [0.25, 0.3) is 0 Å². The summed E-state index contributed by atoms with van der Waals surface area (Å²) in [5.41, 5.74) is 5.42. The molecule has 3 rings (SSSR count). The fourth-order valence-electron chi connectivity index (χ4n) is 2.94. The van der Waals surface area contributed by atoms with Gasteiger partial charge in [0.05, 0.1) is 27.5 Å². The number of aryl methyl sites for hydroxylation is 1. The Labute approximate surface area is 173 Å². The first kappa shape index (κ1) is 19.7. The van der Waals surface area contributed by atoms with E-state index in [4.69, 9.17) is 34.8 Å². The molecule has 27 heavy (non-hydrogen) atoms. The smallest absolute Gasteiger partial charge is 0.106 e. The average molecular weight is 422 g/mol. The number of imidazole rings is 1. The van der Waals surface area contributed by atoms with Gasteiger partial charge in [0.15, 0.2) is 0 Å². The second-order valence-electron chi connectivity index (χ2n) is 6.03. The minimum absolute atomic E-state index is 0.00671. The van der Waals surface area contributed by atoms with Crippen molar-refractivity contribution in [3.8, 4) is 0 Å². The van der Waals surface area contributed by atoms with Crippen molar-refractivity contribution < 1.29 is 0 Å². The monoisotopic (exact) mass is 420 g/mol. The molecule has 0 aliphatic heterocycles. The molecular weight excluding hydrogens is 403 g/mol. The molecule has 0 aliphatic carbocycles. The summed E-state index contributed by atoms with van der Waals surface area (Å²) in [5, 5.41) is 5.99. The van der Waals surface area contributed by atoms with E-state index in [1.807, 2.05) is 43.5 Å². The summed E-state index contributed by atoms with van der Waals surface area (Å²) in [6, 6.07) is 13.3. The van der Waals surface area contributed by atoms with Crippen molar-refractivity contribution in [2.24, 2.45) is 5.10 Å². The summed E-state index contributed by atoms with van der Waals surface area (Å²) in [4.78, 5) is 4.35. The molecular formula is C20H19Cl3N4. The van der Waals surface area contributed by atoms with Crippen molar-refractivity contribution in [2.75, 3.05) is 5.43 Å². The number of hydrogen-bond acceptors (Lipinski definition) is 3. The quantitative estimate of drug-likeness (QED) is 0.359. The molecule has 0 saturated heterocycles. The van der Waals surface area contributed by atoms with E-state index in [0.717, 1.165) is 23.5 Å². The number of hydrazone groups is 1. The van der Waals surface area contributed by atoms with Crippen LogP contribution in [0.3, 0.4) is 0 Å². The normalized spacial score (nSPS) is 12.9. The first-order valence-electron chi connectivity index (χ1n) is 8.54. The maximum absolute atomic E-state index is 6.29. The van der Waals surface area contributed by atoms with E-state index in [1.54, 1.807) is 18.3 Å². The zero-order valence-electron chi connectivity index (χ0n) is 15.0. The number of nitrogens with one attached hydrogen (secondary N) is 1. The van der Waals surface area contributed by atoms with Crippen LogP contribution in [0.15, 0.2) is 60.0 Å². The number of aromatic nitrogens is 2. The van der Waals surface area contributed by atoms with Gasteiger partial charge in [-0.1, -0.05) is 72.1 Å². The second-order valence-corrected chi connectivity index (χ2v) is 7.28. The van der Waals surface area contributed by atoms with Crippen molar-refractivity contribution in [1.82, 2.24) is 9.55 Å². The lowest BCUT2D eigenvalue weighted by atomic mass is 10.0. The molecule has 0 fully saturated rings. The van der Waals surface area contributed by atoms with E-state index in [0.29, 0.717) is 20.8 Å². The average Bonchev–Trinajstić information content (AvgIpc) is 3.06. The van der Waals surface area contributed by atoms with Crippen LogP contribution in [-0.2, 0) is 0 Å². The summed E-state index contributed by atoms with van der Waals surface area (Å²) in [6.45, 7) is 4.09. The first-order chi connectivity index (χ1) is 13.0. The van der Waals surface area contributed by atoms with Gasteiger partial charge in [-0.2, -0.15) is 5.10 Å². The molecule has 0 spiro atoms. The Kier molecular flexibility index (Phi) is 6.42. The zero-order valence-corrected chi connectivity index (χ0v) is 17.2. The molecule has 0 bridgehead atoms. The molecule has 1 N–H and O–H groups in total. The third kappa shape index (κ3) is 4.46. The highest BCUT2D eigenvalue weighted by atomic mass is 35.5. The lowest BCUT2D eigenvalue weighted by molar-refractivity contribution is 0.600. The third-order valence-corrected chi connectivity index (χ3v) is 5.08. The molecule has 3 aromatic rings. The number of rotatable bonds is 6. The fourth-order valence-corrected chi connectivity index (χ4v) is 3.85. The van der Waals surface area contributed by atoms with Gasteiger partial charge in [-0.05, 0) is 31.0 Å². The highest BCUT2D eigenvalue weighted by Gasteiger charge is 2.20. The standard InChI is InChI=1S/C20H19Cl3N4/c1-3-18(27-10-9-24-13(27)2)19(14-7-5-4-6-8-14)25-26-20-16(22)11-15(21)12-17(20)23/h4-12,18,26H,3H2,1-2H3. The van der Waals surface area contributed by atoms with Crippen LogP contribution in [0.1, 0.15) is 30.8 Å². The van der Waals surface area contributed by atoms with Crippen LogP contribution in [0.25, 0.3) is 0 Å². The van der Waals surface area contributed by atoms with E-state index in [9.17, 15) is 0 Å². The molecule has 4 nitrogen and oxygen atoms in total. The number of halogens is 3. The molecule has 1 aromatic heterocycles. The largest absolute Gasteiger partial charge is 0.326 e. The molecule has 7 heteroatoms. The highest BCUT2D eigenvalue weighted by molar-refractivity contribution is 6.41. The van der Waals surface area contributed by atoms with Gasteiger partial charge in [0, 0.05) is 17.4 Å². The van der Waals surface area contributed by atoms with Crippen molar-refractivity contribution in [2.45, 2.75) is 26.3 Å². The van der Waals surface area contributed by atoms with Crippen LogP contribution >= 0.6 is 34.8 Å². The molecule has 1 heterocycles. The topological polar surface area (TPSA) is 42.2 Å². The van der Waals surface area contributed by atoms with Crippen molar-refractivity contribution in [3.05, 3.63) is 81.3 Å². The van der Waals surface area contributed by atoms with Crippen molar-refractivity contribution >= 4 is 46.2 Å². The Morgan fingerprint density at radius 2 is 1.81 bits per heavy atom. The molecule has 1 unspecified atom stereocenters. The van der Waals surface area contributed by atoms with Gasteiger partial charge in [0.2, 0.25) is 0 Å². The summed E-state index contributed by atoms with van der Waals surface area (Å²) in [6.07, 6.45) is 4.60. The van der Waals surface area contributed by atoms with Crippen LogP contribution in [-0.4, -0.2) is 15.3 Å². The van der Waals surface area contributed by atoms with Gasteiger partial charge in [0.1, 0.15) is 5.82 Å². The van der Waals surface area contributed by atoms with Gasteiger partial charge in [-0.15, -0.1) is 0 Å². The van der Waals surface area contributed by atoms with Gasteiger partial charge in [-0.3, -0.25) is 5.43 Å². The van der Waals surface area contributed by atoms with Crippen molar-refractivity contribution in [3.63, 3.8) is 0 Å². The van der Waals surface area contributed by atoms with Crippen LogP contribution in [0.5, 0.6) is 0 Å². The minimum Gasteiger partial charge on any atom is -0.326 e. The van der Waals surface area contributed by atoms with Gasteiger partial charge in [-0.25, -0.2) is 4.98 Å². The molecule has 140 valence electrons. The first-order valence-corrected chi connectivity index (χ1v) is 9.67. The van der Waals surface area contributed by atoms with Crippen LogP contribution in [0, 0.1) is 6.92 Å². The van der Waals surface area contributed by atoms with Crippen LogP contribution < -0.4 is 5.43 Å². The summed E-state index contributed by atoms with van der Waals surface area (Å²) >= 11 is 18.6. The van der Waals surface area contributed by atoms with Crippen molar-refractivity contribution in [1.29, 1.82) is 0 Å². The van der Waals surface area contributed by atoms with Gasteiger partial charge < -0.3 is 4.57 Å². The molecule has 0 amide bonds. The SMILES string of the molecule is CCC(C(=NNc1c(Cl)cc(Cl)cc1Cl)c1ccccc1)n1ccnc1C. The Hall–Kier alpha value is -2.01. The van der Waals surface area contributed by atoms with Gasteiger partial charge >= 0.3 is 0 Å². The predicted octanol–water partition coefficient (Wildman–Crippen LogP) is 6.62. The zero-order chi connectivity index (χ0) is 19.4. The maximum atomic E-state index is 6.29. The molecule has 0 radical (unpaired) electrons. The number of anilines is 1. The van der Waals surface area contributed by atoms with Crippen LogP contribution in [0.4, 0.5) is 5.69 Å². The number of benzene rings is 2. The molecule has 0 aliphatic rings. The Bertz CT molecular complexity index is 928. The highest BCUT2D eigenvalue weighted by Crippen LogP contribution is 2.34. The lowest BCUT2D eigenvalue weighted by Gasteiger charge is -2.21. The summed E-state index contributed by atoms with van der Waals surface area (Å²) in [7, 11) is 0. The predicted molar refractivity (Wildman–Crippen MR) is 114 cm³/mol. The molecule has 1 atom stereocenters. The van der Waals surface area contributed by atoms with E-state index in [2.05, 4.69) is 27.0 Å². The van der Waals surface area contributed by atoms with E-state index < -0.39 is 0 Å². The number of hydrogen-bond donors (Lipinski definition) is 1. The fraction of sp³-hybridized carbons (Fsp3) is 0.200. The Morgan fingerprint density at radius 1 is 1.15 bits per heavy atom. The minimum atomic E-state index is 0.00671. The van der Waals surface area contributed by atoms with E-state index in [-0.39, 0.29) is 6.04 Å². The maximum Gasteiger partial charge on any atom is 0.106 e. The van der Waals surface area contributed by atoms with E-state index in [1.165, 1.54) is 0 Å². The Balaban J connectivity index is 2.05. The molecule has 2 aromatic carbocycles. The Morgan fingerprint density at radius 3 is 2.37 bits per heavy atom. The number of nitrogens with zero attached hydrogens (tertiary/aromatic N) is 3. The molecule has 0 saturated carbocycles. The summed E-state index contributed by atoms with van der Waals surface area (Å²) in [5.74, 6) is 0.924.